The Bertz CT molecular complexity index is 175. The third-order valence-corrected chi connectivity index (χ3v) is 1.61. The molecule has 2 heteroatoms. The minimum Gasteiger partial charge on any atom is -0.377 e. The molecule has 0 radical (unpaired) electrons. The number of ether oxygens (including phenoxy) is 1. The molecule has 1 unspecified atom stereocenters. The van der Waals surface area contributed by atoms with Crippen LogP contribution < -0.4 is 0 Å². The monoisotopic (exact) mass is 170 g/mol. The van der Waals surface area contributed by atoms with Gasteiger partial charge in [0.05, 0.1) is 6.10 Å². The van der Waals surface area contributed by atoms with Crippen LogP contribution in [0.25, 0.3) is 0 Å². The summed E-state index contributed by atoms with van der Waals surface area (Å²) in [5.41, 5.74) is 0.0424. The standard InChI is InChI=1S/C10H18O2/c1-8(11)6-7-9(12-5)10(2,3)4/h6-7,9H,1-5H3/b7-6+. The van der Waals surface area contributed by atoms with Gasteiger partial charge in [-0.05, 0) is 18.4 Å². The third-order valence-electron chi connectivity index (χ3n) is 1.61. The van der Waals surface area contributed by atoms with Crippen LogP contribution in [0.15, 0.2) is 12.2 Å². The number of carbonyl (C=O) groups excluding carboxylic acids is 1. The van der Waals surface area contributed by atoms with E-state index in [1.54, 1.807) is 13.2 Å². The van der Waals surface area contributed by atoms with Crippen molar-refractivity contribution in [1.29, 1.82) is 0 Å². The van der Waals surface area contributed by atoms with Crippen LogP contribution in [-0.4, -0.2) is 19.0 Å². The Hall–Kier alpha value is -0.630. The van der Waals surface area contributed by atoms with Crippen LogP contribution in [0.2, 0.25) is 0 Å². The van der Waals surface area contributed by atoms with Crippen molar-refractivity contribution in [2.45, 2.75) is 33.8 Å². The van der Waals surface area contributed by atoms with Crippen molar-refractivity contribution in [3.05, 3.63) is 12.2 Å². The highest BCUT2D eigenvalue weighted by atomic mass is 16.5. The van der Waals surface area contributed by atoms with Crippen LogP contribution in [0.3, 0.4) is 0 Å². The first kappa shape index (κ1) is 11.4. The van der Waals surface area contributed by atoms with Crippen molar-refractivity contribution in [2.24, 2.45) is 5.41 Å². The zero-order chi connectivity index (χ0) is 9.78. The molecule has 0 aromatic carbocycles. The molecule has 0 saturated carbocycles. The Morgan fingerprint density at radius 1 is 1.42 bits per heavy atom. The van der Waals surface area contributed by atoms with E-state index in [0.717, 1.165) is 0 Å². The average molecular weight is 170 g/mol. The van der Waals surface area contributed by atoms with Gasteiger partial charge in [-0.3, -0.25) is 4.79 Å². The lowest BCUT2D eigenvalue weighted by Gasteiger charge is -2.26. The number of ketones is 1. The Labute approximate surface area is 74.6 Å². The summed E-state index contributed by atoms with van der Waals surface area (Å²) in [4.78, 5) is 10.6. The number of hydrogen-bond acceptors (Lipinski definition) is 2. The summed E-state index contributed by atoms with van der Waals surface area (Å²) in [7, 11) is 1.65. The number of rotatable bonds is 3. The van der Waals surface area contributed by atoms with Gasteiger partial charge in [-0.25, -0.2) is 0 Å². The zero-order valence-corrected chi connectivity index (χ0v) is 8.55. The van der Waals surface area contributed by atoms with Crippen molar-refractivity contribution >= 4 is 5.78 Å². The topological polar surface area (TPSA) is 26.3 Å². The van der Waals surface area contributed by atoms with E-state index in [1.165, 1.54) is 6.92 Å². The molecule has 0 aliphatic rings. The molecule has 1 atom stereocenters. The number of methoxy groups -OCH3 is 1. The fourth-order valence-corrected chi connectivity index (χ4v) is 0.944. The second-order valence-corrected chi connectivity index (χ2v) is 3.99. The summed E-state index contributed by atoms with van der Waals surface area (Å²) in [6.45, 7) is 7.76. The molecule has 2 nitrogen and oxygen atoms in total. The number of allylic oxidation sites excluding steroid dienone is 1. The van der Waals surface area contributed by atoms with E-state index in [0.29, 0.717) is 0 Å². The highest BCUT2D eigenvalue weighted by molar-refractivity contribution is 5.87. The van der Waals surface area contributed by atoms with Crippen LogP contribution in [0.4, 0.5) is 0 Å². The maximum absolute atomic E-state index is 10.6. The summed E-state index contributed by atoms with van der Waals surface area (Å²) in [6.07, 6.45) is 3.36. The average Bonchev–Trinajstić information content (AvgIpc) is 1.85. The molecule has 0 spiro atoms. The van der Waals surface area contributed by atoms with Gasteiger partial charge in [0.2, 0.25) is 0 Å². The van der Waals surface area contributed by atoms with Gasteiger partial charge in [0.15, 0.2) is 5.78 Å². The molecule has 0 saturated heterocycles. The second-order valence-electron chi connectivity index (χ2n) is 3.99. The lowest BCUT2D eigenvalue weighted by Crippen LogP contribution is -2.26. The van der Waals surface area contributed by atoms with Crippen molar-refractivity contribution in [1.82, 2.24) is 0 Å². The molecule has 0 amide bonds. The largest absolute Gasteiger partial charge is 0.377 e. The Morgan fingerprint density at radius 2 is 1.92 bits per heavy atom. The van der Waals surface area contributed by atoms with E-state index in [9.17, 15) is 4.79 Å². The highest BCUT2D eigenvalue weighted by Crippen LogP contribution is 2.22. The van der Waals surface area contributed by atoms with Crippen LogP contribution in [0.1, 0.15) is 27.7 Å². The first-order valence-electron chi connectivity index (χ1n) is 4.09. The molecule has 0 aromatic heterocycles. The minimum absolute atomic E-state index is 0.00130. The molecule has 0 aliphatic heterocycles. The molecule has 0 heterocycles. The predicted octanol–water partition coefficient (Wildman–Crippen LogP) is 2.19. The number of hydrogen-bond donors (Lipinski definition) is 0. The maximum atomic E-state index is 10.6. The van der Waals surface area contributed by atoms with Crippen molar-refractivity contribution in [2.75, 3.05) is 7.11 Å². The smallest absolute Gasteiger partial charge is 0.152 e. The van der Waals surface area contributed by atoms with E-state index in [1.807, 2.05) is 6.08 Å². The van der Waals surface area contributed by atoms with Crippen LogP contribution in [0, 0.1) is 5.41 Å². The minimum atomic E-state index is 0.00130. The van der Waals surface area contributed by atoms with Crippen molar-refractivity contribution in [3.8, 4) is 0 Å². The molecular weight excluding hydrogens is 152 g/mol. The summed E-state index contributed by atoms with van der Waals surface area (Å²) in [5.74, 6) is 0.0568. The van der Waals surface area contributed by atoms with E-state index in [4.69, 9.17) is 4.74 Å². The SMILES string of the molecule is COC(/C=C/C(C)=O)C(C)(C)C. The third kappa shape index (κ3) is 4.29. The maximum Gasteiger partial charge on any atom is 0.152 e. The molecule has 12 heavy (non-hydrogen) atoms. The second kappa shape index (κ2) is 4.41. The quantitative estimate of drug-likeness (QED) is 0.607. The summed E-state index contributed by atoms with van der Waals surface area (Å²) in [6, 6.07) is 0. The van der Waals surface area contributed by atoms with Crippen molar-refractivity contribution < 1.29 is 9.53 Å². The summed E-state index contributed by atoms with van der Waals surface area (Å²) < 4.78 is 5.23. The van der Waals surface area contributed by atoms with E-state index < -0.39 is 0 Å². The van der Waals surface area contributed by atoms with E-state index in [2.05, 4.69) is 20.8 Å². The van der Waals surface area contributed by atoms with Gasteiger partial charge in [0.25, 0.3) is 0 Å². The molecule has 70 valence electrons. The zero-order valence-electron chi connectivity index (χ0n) is 8.55. The van der Waals surface area contributed by atoms with Crippen LogP contribution in [-0.2, 0) is 9.53 Å². The molecule has 0 aromatic rings. The predicted molar refractivity (Wildman–Crippen MR) is 50.1 cm³/mol. The summed E-state index contributed by atoms with van der Waals surface area (Å²) >= 11 is 0. The van der Waals surface area contributed by atoms with Crippen LogP contribution in [0.5, 0.6) is 0 Å². The Balaban J connectivity index is 4.28. The molecule has 0 aliphatic carbocycles. The molecule has 0 rings (SSSR count). The normalized spacial score (nSPS) is 15.1. The van der Waals surface area contributed by atoms with Gasteiger partial charge in [0.1, 0.15) is 0 Å². The number of carbonyl (C=O) groups is 1. The molecule has 0 bridgehead atoms. The highest BCUT2D eigenvalue weighted by Gasteiger charge is 2.21. The lowest BCUT2D eigenvalue weighted by atomic mass is 9.88. The van der Waals surface area contributed by atoms with E-state index in [-0.39, 0.29) is 17.3 Å². The Morgan fingerprint density at radius 3 is 2.17 bits per heavy atom. The van der Waals surface area contributed by atoms with Crippen LogP contribution >= 0.6 is 0 Å². The molecule has 0 N–H and O–H groups in total. The fourth-order valence-electron chi connectivity index (χ4n) is 0.944. The van der Waals surface area contributed by atoms with Crippen molar-refractivity contribution in [3.63, 3.8) is 0 Å². The molecular formula is C10H18O2. The fraction of sp³-hybridized carbons (Fsp3) is 0.700. The van der Waals surface area contributed by atoms with Gasteiger partial charge in [0, 0.05) is 7.11 Å². The first-order valence-corrected chi connectivity index (χ1v) is 4.09. The van der Waals surface area contributed by atoms with Gasteiger partial charge >= 0.3 is 0 Å². The summed E-state index contributed by atoms with van der Waals surface area (Å²) in [5, 5.41) is 0. The van der Waals surface area contributed by atoms with Gasteiger partial charge in [-0.1, -0.05) is 26.8 Å². The van der Waals surface area contributed by atoms with Gasteiger partial charge in [-0.15, -0.1) is 0 Å². The van der Waals surface area contributed by atoms with Gasteiger partial charge < -0.3 is 4.74 Å². The van der Waals surface area contributed by atoms with E-state index >= 15 is 0 Å². The lowest BCUT2D eigenvalue weighted by molar-refractivity contribution is -0.112. The van der Waals surface area contributed by atoms with Gasteiger partial charge in [-0.2, -0.15) is 0 Å². The first-order chi connectivity index (χ1) is 5.38. The molecule has 0 fully saturated rings. The Kier molecular flexibility index (Phi) is 4.18.